The highest BCUT2D eigenvalue weighted by atomic mass is 16.5. The molecule has 2 atom stereocenters. The van der Waals surface area contributed by atoms with E-state index in [1.807, 2.05) is 54.6 Å². The van der Waals surface area contributed by atoms with Crippen LogP contribution in [0.1, 0.15) is 42.4 Å². The second kappa shape index (κ2) is 12.3. The Balaban J connectivity index is 1.23. The maximum absolute atomic E-state index is 13.4. The molecule has 8 heteroatoms. The van der Waals surface area contributed by atoms with Crippen molar-refractivity contribution in [2.75, 3.05) is 19.7 Å². The van der Waals surface area contributed by atoms with Gasteiger partial charge >= 0.3 is 12.1 Å². The third-order valence-corrected chi connectivity index (χ3v) is 7.74. The molecule has 3 aromatic carbocycles. The van der Waals surface area contributed by atoms with Crippen LogP contribution < -0.4 is 5.32 Å². The number of carboxylic acids is 1. The van der Waals surface area contributed by atoms with Gasteiger partial charge in [0.1, 0.15) is 12.6 Å². The van der Waals surface area contributed by atoms with Gasteiger partial charge in [-0.1, -0.05) is 78.9 Å². The van der Waals surface area contributed by atoms with Crippen molar-refractivity contribution in [1.29, 1.82) is 0 Å². The molecule has 0 aromatic heterocycles. The number of ether oxygens (including phenoxy) is 2. The van der Waals surface area contributed by atoms with Gasteiger partial charge in [0, 0.05) is 25.4 Å². The third kappa shape index (κ3) is 6.18. The Hall–Kier alpha value is -4.17. The van der Waals surface area contributed by atoms with Crippen molar-refractivity contribution in [2.45, 2.75) is 44.4 Å². The van der Waals surface area contributed by atoms with Crippen molar-refractivity contribution < 1.29 is 29.0 Å². The quantitative estimate of drug-likeness (QED) is 0.360. The lowest BCUT2D eigenvalue weighted by Crippen LogP contribution is -2.60. The number of rotatable bonds is 11. The van der Waals surface area contributed by atoms with Crippen LogP contribution in [0.15, 0.2) is 78.9 Å². The summed E-state index contributed by atoms with van der Waals surface area (Å²) in [5, 5.41) is 11.7. The molecule has 2 N–H and O–H groups in total. The third-order valence-electron chi connectivity index (χ3n) is 7.74. The zero-order valence-corrected chi connectivity index (χ0v) is 22.5. The Kier molecular flexibility index (Phi) is 8.45. The predicted molar refractivity (Wildman–Crippen MR) is 150 cm³/mol. The summed E-state index contributed by atoms with van der Waals surface area (Å²) in [7, 11) is 0. The number of benzene rings is 3. The van der Waals surface area contributed by atoms with E-state index >= 15 is 0 Å². The number of fused-ring (bicyclic) bond motifs is 3. The summed E-state index contributed by atoms with van der Waals surface area (Å²) in [6.07, 6.45) is -0.710. The minimum absolute atomic E-state index is 0.0741. The summed E-state index contributed by atoms with van der Waals surface area (Å²) in [6.45, 7) is 3.11. The van der Waals surface area contributed by atoms with Gasteiger partial charge < -0.3 is 24.8 Å². The molecule has 5 rings (SSSR count). The van der Waals surface area contributed by atoms with Gasteiger partial charge in [0.25, 0.3) is 0 Å². The highest BCUT2D eigenvalue weighted by Crippen LogP contribution is 2.44. The van der Waals surface area contributed by atoms with Crippen molar-refractivity contribution in [1.82, 2.24) is 10.2 Å². The van der Waals surface area contributed by atoms with E-state index in [0.29, 0.717) is 26.1 Å². The average molecular weight is 543 g/mol. The van der Waals surface area contributed by atoms with Crippen LogP contribution in [0.3, 0.4) is 0 Å². The van der Waals surface area contributed by atoms with Crippen LogP contribution in [0.25, 0.3) is 11.1 Å². The number of carboxylic acid groups (broad SMARTS) is 1. The molecule has 1 aliphatic carbocycles. The molecule has 0 saturated carbocycles. The summed E-state index contributed by atoms with van der Waals surface area (Å²) < 4.78 is 11.7. The van der Waals surface area contributed by atoms with Crippen LogP contribution >= 0.6 is 0 Å². The minimum Gasteiger partial charge on any atom is -0.481 e. The number of carbonyl (C=O) groups excluding carboxylic acids is 2. The molecule has 0 radical (unpaired) electrons. The van der Waals surface area contributed by atoms with E-state index < -0.39 is 24.2 Å². The molecule has 0 spiro atoms. The zero-order valence-electron chi connectivity index (χ0n) is 22.5. The standard InChI is InChI=1S/C32H34N2O6/c1-21(39-19-22-9-3-2-4-10-22)30(31(37)34-17-23(18-34)15-16-29(35)36)33-32(38)40-20-28-26-13-7-5-11-24(26)25-12-6-8-14-27(25)28/h2-14,21,23,28,30H,15-20H2,1H3,(H,33,38)(H,35,36)/t21-,30+/m0/s1. The molecule has 8 nitrogen and oxygen atoms in total. The summed E-state index contributed by atoms with van der Waals surface area (Å²) in [5.74, 6) is -1.07. The first-order valence-electron chi connectivity index (χ1n) is 13.7. The molecular weight excluding hydrogens is 508 g/mol. The number of carbonyl (C=O) groups is 3. The summed E-state index contributed by atoms with van der Waals surface area (Å²) in [5.41, 5.74) is 5.45. The van der Waals surface area contributed by atoms with Gasteiger partial charge in [0.2, 0.25) is 5.91 Å². The van der Waals surface area contributed by atoms with E-state index in [0.717, 1.165) is 27.8 Å². The number of alkyl carbamates (subject to hydrolysis) is 1. The monoisotopic (exact) mass is 542 g/mol. The highest BCUT2D eigenvalue weighted by Gasteiger charge is 2.38. The van der Waals surface area contributed by atoms with E-state index in [2.05, 4.69) is 29.6 Å². The van der Waals surface area contributed by atoms with E-state index in [1.54, 1.807) is 11.8 Å². The Morgan fingerprint density at radius 3 is 2.15 bits per heavy atom. The molecule has 0 bridgehead atoms. The fourth-order valence-electron chi connectivity index (χ4n) is 5.50. The van der Waals surface area contributed by atoms with Crippen molar-refractivity contribution >= 4 is 18.0 Å². The number of hydrogen-bond acceptors (Lipinski definition) is 5. The number of likely N-dealkylation sites (tertiary alicyclic amines) is 1. The Labute approximate surface area is 233 Å². The predicted octanol–water partition coefficient (Wildman–Crippen LogP) is 4.82. The summed E-state index contributed by atoms with van der Waals surface area (Å²) >= 11 is 0. The maximum Gasteiger partial charge on any atom is 0.407 e. The maximum atomic E-state index is 13.4. The van der Waals surface area contributed by atoms with Crippen molar-refractivity contribution in [3.63, 3.8) is 0 Å². The Bertz CT molecular complexity index is 1310. The minimum atomic E-state index is -0.945. The lowest BCUT2D eigenvalue weighted by atomic mass is 9.93. The highest BCUT2D eigenvalue weighted by molar-refractivity contribution is 5.87. The van der Waals surface area contributed by atoms with Crippen LogP contribution in [0.4, 0.5) is 4.79 Å². The van der Waals surface area contributed by atoms with Crippen LogP contribution in [-0.2, 0) is 25.7 Å². The Morgan fingerprint density at radius 1 is 0.925 bits per heavy atom. The zero-order chi connectivity index (χ0) is 28.1. The van der Waals surface area contributed by atoms with Crippen LogP contribution in [0.5, 0.6) is 0 Å². The Morgan fingerprint density at radius 2 is 1.52 bits per heavy atom. The molecule has 1 aliphatic heterocycles. The topological polar surface area (TPSA) is 105 Å². The van der Waals surface area contributed by atoms with E-state index in [4.69, 9.17) is 14.6 Å². The van der Waals surface area contributed by atoms with Crippen LogP contribution in [-0.4, -0.2) is 59.8 Å². The molecule has 1 heterocycles. The first kappa shape index (κ1) is 27.4. The van der Waals surface area contributed by atoms with Gasteiger partial charge in [-0.3, -0.25) is 9.59 Å². The van der Waals surface area contributed by atoms with E-state index in [1.165, 1.54) is 0 Å². The van der Waals surface area contributed by atoms with Gasteiger partial charge in [-0.2, -0.15) is 0 Å². The molecule has 2 aliphatic rings. The van der Waals surface area contributed by atoms with Crippen LogP contribution in [0, 0.1) is 5.92 Å². The van der Waals surface area contributed by atoms with Gasteiger partial charge in [-0.05, 0) is 47.1 Å². The number of nitrogens with one attached hydrogen (secondary N) is 1. The smallest absolute Gasteiger partial charge is 0.407 e. The molecule has 1 saturated heterocycles. The van der Waals surface area contributed by atoms with Crippen molar-refractivity contribution in [3.05, 3.63) is 95.6 Å². The number of amides is 2. The van der Waals surface area contributed by atoms with Crippen molar-refractivity contribution in [2.24, 2.45) is 5.92 Å². The molecule has 40 heavy (non-hydrogen) atoms. The molecule has 1 fully saturated rings. The fourth-order valence-corrected chi connectivity index (χ4v) is 5.50. The lowest BCUT2D eigenvalue weighted by Gasteiger charge is -2.41. The van der Waals surface area contributed by atoms with E-state index in [-0.39, 0.29) is 30.8 Å². The number of nitrogens with zero attached hydrogens (tertiary/aromatic N) is 1. The van der Waals surface area contributed by atoms with Gasteiger partial charge in [0.15, 0.2) is 0 Å². The number of hydrogen-bond donors (Lipinski definition) is 2. The van der Waals surface area contributed by atoms with Gasteiger partial charge in [-0.15, -0.1) is 0 Å². The molecular formula is C32H34N2O6. The first-order chi connectivity index (χ1) is 19.4. The molecule has 208 valence electrons. The fraction of sp³-hybridized carbons (Fsp3) is 0.344. The molecule has 0 unspecified atom stereocenters. The van der Waals surface area contributed by atoms with Crippen molar-refractivity contribution in [3.8, 4) is 11.1 Å². The first-order valence-corrected chi connectivity index (χ1v) is 13.7. The largest absolute Gasteiger partial charge is 0.481 e. The average Bonchev–Trinajstić information content (AvgIpc) is 3.26. The second-order valence-electron chi connectivity index (χ2n) is 10.5. The second-order valence-corrected chi connectivity index (χ2v) is 10.5. The lowest BCUT2D eigenvalue weighted by molar-refractivity contribution is -0.144. The molecule has 3 aromatic rings. The molecule has 2 amide bonds. The SMILES string of the molecule is C[C@H](OCc1ccccc1)[C@@H](NC(=O)OCC1c2ccccc2-c2ccccc21)C(=O)N1CC(CCC(=O)O)C1. The normalized spacial score (nSPS) is 15.9. The van der Waals surface area contributed by atoms with Crippen LogP contribution in [0.2, 0.25) is 0 Å². The van der Waals surface area contributed by atoms with Gasteiger partial charge in [-0.25, -0.2) is 4.79 Å². The summed E-state index contributed by atoms with van der Waals surface area (Å²) in [6, 6.07) is 24.9. The number of aliphatic carboxylic acids is 1. The summed E-state index contributed by atoms with van der Waals surface area (Å²) in [4.78, 5) is 39.1. The van der Waals surface area contributed by atoms with E-state index in [9.17, 15) is 14.4 Å². The van der Waals surface area contributed by atoms with Gasteiger partial charge in [0.05, 0.1) is 12.7 Å².